The molecule has 28 heavy (non-hydrogen) atoms. The van der Waals surface area contributed by atoms with Crippen LogP contribution in [0.2, 0.25) is 0 Å². The number of nitrogens with zero attached hydrogens (tertiary/aromatic N) is 3. The fourth-order valence-corrected chi connectivity index (χ4v) is 6.36. The average Bonchev–Trinajstić information content (AvgIpc) is 3.33. The molecule has 0 unspecified atom stereocenters. The van der Waals surface area contributed by atoms with Crippen LogP contribution in [0, 0.1) is 20.8 Å². The van der Waals surface area contributed by atoms with Crippen molar-refractivity contribution in [3.63, 3.8) is 0 Å². The van der Waals surface area contributed by atoms with Crippen LogP contribution in [-0.4, -0.2) is 49.1 Å². The Labute approximate surface area is 169 Å². The van der Waals surface area contributed by atoms with Gasteiger partial charge in [0.2, 0.25) is 0 Å². The lowest BCUT2D eigenvalue weighted by Gasteiger charge is -2.36. The first-order valence-corrected chi connectivity index (χ1v) is 11.6. The van der Waals surface area contributed by atoms with Crippen LogP contribution in [0.5, 0.6) is 0 Å². The molecular weight excluding hydrogens is 392 g/mol. The SMILES string of the molecule is Cc1cc(-c2ccc(S(=O)(=O)N3CCN(c4cccc(C)c4C)CC3)s2)n[nH]1. The zero-order valence-corrected chi connectivity index (χ0v) is 17.9. The van der Waals surface area contributed by atoms with Gasteiger partial charge in [-0.3, -0.25) is 5.10 Å². The molecule has 0 amide bonds. The number of aromatic amines is 1. The van der Waals surface area contributed by atoms with E-state index in [4.69, 9.17) is 0 Å². The first-order chi connectivity index (χ1) is 13.4. The number of hydrogen-bond donors (Lipinski definition) is 1. The fraction of sp³-hybridized carbons (Fsp3) is 0.350. The average molecular weight is 417 g/mol. The summed E-state index contributed by atoms with van der Waals surface area (Å²) in [5, 5.41) is 7.12. The van der Waals surface area contributed by atoms with Crippen LogP contribution >= 0.6 is 11.3 Å². The van der Waals surface area contributed by atoms with Crippen molar-refractivity contribution in [2.75, 3.05) is 31.1 Å². The van der Waals surface area contributed by atoms with Gasteiger partial charge in [-0.25, -0.2) is 8.42 Å². The monoisotopic (exact) mass is 416 g/mol. The summed E-state index contributed by atoms with van der Waals surface area (Å²) in [5.74, 6) is 0. The molecule has 1 aliphatic heterocycles. The molecule has 1 fully saturated rings. The molecule has 1 N–H and O–H groups in total. The van der Waals surface area contributed by atoms with Crippen LogP contribution in [-0.2, 0) is 10.0 Å². The minimum absolute atomic E-state index is 0.378. The maximum absolute atomic E-state index is 13.1. The van der Waals surface area contributed by atoms with E-state index in [-0.39, 0.29) is 0 Å². The molecule has 8 heteroatoms. The maximum atomic E-state index is 13.1. The maximum Gasteiger partial charge on any atom is 0.252 e. The van der Waals surface area contributed by atoms with Gasteiger partial charge in [0.1, 0.15) is 9.90 Å². The van der Waals surface area contributed by atoms with E-state index < -0.39 is 10.0 Å². The second-order valence-corrected chi connectivity index (χ2v) is 10.4. The standard InChI is InChI=1S/C20H24N4O2S2/c1-14-5-4-6-18(16(14)3)23-9-11-24(12-10-23)28(25,26)20-8-7-19(27-20)17-13-15(2)21-22-17/h4-8,13H,9-12H2,1-3H3,(H,21,22). The normalized spacial score (nSPS) is 15.9. The number of H-pyrrole nitrogens is 1. The highest BCUT2D eigenvalue weighted by atomic mass is 32.2. The van der Waals surface area contributed by atoms with Crippen molar-refractivity contribution in [3.05, 3.63) is 53.2 Å². The Kier molecular flexibility index (Phi) is 5.03. The van der Waals surface area contributed by atoms with Crippen molar-refractivity contribution < 1.29 is 8.42 Å². The van der Waals surface area contributed by atoms with E-state index in [0.717, 1.165) is 16.3 Å². The van der Waals surface area contributed by atoms with Gasteiger partial charge in [0.05, 0.1) is 4.88 Å². The van der Waals surface area contributed by atoms with Crippen LogP contribution < -0.4 is 4.90 Å². The highest BCUT2D eigenvalue weighted by Crippen LogP contribution is 2.32. The van der Waals surface area contributed by atoms with Gasteiger partial charge in [-0.05, 0) is 56.2 Å². The lowest BCUT2D eigenvalue weighted by atomic mass is 10.1. The Morgan fingerprint density at radius 1 is 1.04 bits per heavy atom. The molecule has 3 aromatic rings. The zero-order valence-electron chi connectivity index (χ0n) is 16.3. The molecule has 0 bridgehead atoms. The molecule has 0 atom stereocenters. The summed E-state index contributed by atoms with van der Waals surface area (Å²) >= 11 is 1.28. The molecule has 0 radical (unpaired) electrons. The molecule has 0 spiro atoms. The lowest BCUT2D eigenvalue weighted by molar-refractivity contribution is 0.385. The third kappa shape index (κ3) is 3.47. The summed E-state index contributed by atoms with van der Waals surface area (Å²) in [6.45, 7) is 8.53. The third-order valence-electron chi connectivity index (χ3n) is 5.29. The summed E-state index contributed by atoms with van der Waals surface area (Å²) in [7, 11) is -3.48. The Morgan fingerprint density at radius 2 is 1.79 bits per heavy atom. The first-order valence-electron chi connectivity index (χ1n) is 9.30. The second kappa shape index (κ2) is 7.35. The molecular formula is C20H24N4O2S2. The number of rotatable bonds is 4. The minimum atomic E-state index is -3.48. The zero-order chi connectivity index (χ0) is 19.9. The third-order valence-corrected chi connectivity index (χ3v) is 8.76. The number of nitrogens with one attached hydrogen (secondary N) is 1. The van der Waals surface area contributed by atoms with Crippen LogP contribution in [0.3, 0.4) is 0 Å². The number of anilines is 1. The van der Waals surface area contributed by atoms with E-state index >= 15 is 0 Å². The minimum Gasteiger partial charge on any atom is -0.369 e. The van der Waals surface area contributed by atoms with E-state index in [0.29, 0.717) is 30.4 Å². The summed E-state index contributed by atoms with van der Waals surface area (Å²) in [6.07, 6.45) is 0. The molecule has 0 aliphatic carbocycles. The number of piperazine rings is 1. The molecule has 1 aliphatic rings. The predicted molar refractivity (Wildman–Crippen MR) is 114 cm³/mol. The molecule has 4 rings (SSSR count). The molecule has 6 nitrogen and oxygen atoms in total. The van der Waals surface area contributed by atoms with Gasteiger partial charge >= 0.3 is 0 Å². The smallest absolute Gasteiger partial charge is 0.252 e. The van der Waals surface area contributed by atoms with Crippen LogP contribution in [0.15, 0.2) is 40.6 Å². The fourth-order valence-electron chi connectivity index (χ4n) is 3.52. The predicted octanol–water partition coefficient (Wildman–Crippen LogP) is 3.57. The van der Waals surface area contributed by atoms with Crippen LogP contribution in [0.4, 0.5) is 5.69 Å². The van der Waals surface area contributed by atoms with E-state index in [9.17, 15) is 8.42 Å². The van der Waals surface area contributed by atoms with Crippen LogP contribution in [0.1, 0.15) is 16.8 Å². The lowest BCUT2D eigenvalue weighted by Crippen LogP contribution is -2.48. The van der Waals surface area contributed by atoms with E-state index in [1.54, 1.807) is 10.4 Å². The van der Waals surface area contributed by atoms with Crippen molar-refractivity contribution in [2.45, 2.75) is 25.0 Å². The highest BCUT2D eigenvalue weighted by Gasteiger charge is 2.30. The van der Waals surface area contributed by atoms with Crippen molar-refractivity contribution in [2.24, 2.45) is 0 Å². The van der Waals surface area contributed by atoms with Crippen molar-refractivity contribution in [1.82, 2.24) is 14.5 Å². The summed E-state index contributed by atoms with van der Waals surface area (Å²) in [6, 6.07) is 11.7. The Balaban J connectivity index is 1.49. The molecule has 1 aromatic carbocycles. The summed E-state index contributed by atoms with van der Waals surface area (Å²) in [4.78, 5) is 3.14. The Morgan fingerprint density at radius 3 is 2.46 bits per heavy atom. The first kappa shape index (κ1) is 19.2. The van der Waals surface area contributed by atoms with Gasteiger partial charge in [-0.2, -0.15) is 9.40 Å². The van der Waals surface area contributed by atoms with Gasteiger partial charge < -0.3 is 4.90 Å². The molecule has 0 saturated carbocycles. The van der Waals surface area contributed by atoms with Crippen molar-refractivity contribution in [3.8, 4) is 10.6 Å². The van der Waals surface area contributed by atoms with Gasteiger partial charge in [0.15, 0.2) is 0 Å². The summed E-state index contributed by atoms with van der Waals surface area (Å²) in [5.41, 5.74) is 5.45. The second-order valence-electron chi connectivity index (χ2n) is 7.17. The number of benzene rings is 1. The van der Waals surface area contributed by atoms with Gasteiger partial charge in [0, 0.05) is 37.6 Å². The molecule has 1 saturated heterocycles. The van der Waals surface area contributed by atoms with Crippen molar-refractivity contribution >= 4 is 27.0 Å². The number of sulfonamides is 1. The Bertz CT molecular complexity index is 1090. The largest absolute Gasteiger partial charge is 0.369 e. The van der Waals surface area contributed by atoms with Crippen LogP contribution in [0.25, 0.3) is 10.6 Å². The van der Waals surface area contributed by atoms with Gasteiger partial charge in [-0.1, -0.05) is 12.1 Å². The van der Waals surface area contributed by atoms with Gasteiger partial charge in [-0.15, -0.1) is 11.3 Å². The number of hydrogen-bond acceptors (Lipinski definition) is 5. The van der Waals surface area contributed by atoms with Gasteiger partial charge in [0.25, 0.3) is 10.0 Å². The topological polar surface area (TPSA) is 69.3 Å². The number of aromatic nitrogens is 2. The molecule has 2 aromatic heterocycles. The number of aryl methyl sites for hydroxylation is 2. The quantitative estimate of drug-likeness (QED) is 0.706. The molecule has 3 heterocycles. The Hall–Kier alpha value is -2.16. The summed E-state index contributed by atoms with van der Waals surface area (Å²) < 4.78 is 28.2. The van der Waals surface area contributed by atoms with Crippen molar-refractivity contribution in [1.29, 1.82) is 0 Å². The highest BCUT2D eigenvalue weighted by molar-refractivity contribution is 7.91. The van der Waals surface area contributed by atoms with E-state index in [2.05, 4.69) is 47.1 Å². The van der Waals surface area contributed by atoms with E-state index in [1.165, 1.54) is 28.2 Å². The molecule has 148 valence electrons. The van der Waals surface area contributed by atoms with E-state index in [1.807, 2.05) is 19.1 Å². The number of thiophene rings is 1.